The van der Waals surface area contributed by atoms with E-state index < -0.39 is 29.4 Å². The van der Waals surface area contributed by atoms with Crippen molar-refractivity contribution in [2.45, 2.75) is 45.0 Å². The summed E-state index contributed by atoms with van der Waals surface area (Å²) in [4.78, 5) is 23.7. The Labute approximate surface area is 129 Å². The van der Waals surface area contributed by atoms with Crippen LogP contribution in [0.5, 0.6) is 0 Å². The molecule has 0 aromatic heterocycles. The van der Waals surface area contributed by atoms with E-state index in [4.69, 9.17) is 4.74 Å². The number of alkyl halides is 1. The number of rotatable bonds is 4. The summed E-state index contributed by atoms with van der Waals surface area (Å²) in [6.07, 6.45) is -0.811. The van der Waals surface area contributed by atoms with Gasteiger partial charge in [0.25, 0.3) is 0 Å². The number of benzene rings is 1. The number of carbonyl (C=O) groups is 2. The van der Waals surface area contributed by atoms with Crippen molar-refractivity contribution in [3.8, 4) is 0 Å². The van der Waals surface area contributed by atoms with Crippen LogP contribution in [0.1, 0.15) is 39.3 Å². The van der Waals surface area contributed by atoms with Crippen molar-refractivity contribution < 1.29 is 23.5 Å². The largest absolute Gasteiger partial charge is 0.467 e. The fourth-order valence-electron chi connectivity index (χ4n) is 1.92. The maximum atomic E-state index is 14.9. The van der Waals surface area contributed by atoms with Gasteiger partial charge in [0.05, 0.1) is 7.11 Å². The summed E-state index contributed by atoms with van der Waals surface area (Å²) in [7, 11) is 1.09. The lowest BCUT2D eigenvalue weighted by Crippen LogP contribution is -2.48. The summed E-state index contributed by atoms with van der Waals surface area (Å²) in [5, 5.41) is 2.41. The van der Waals surface area contributed by atoms with Crippen LogP contribution >= 0.6 is 0 Å². The second-order valence-corrected chi connectivity index (χ2v) is 6.06. The van der Waals surface area contributed by atoms with Gasteiger partial charge in [-0.15, -0.1) is 0 Å². The lowest BCUT2D eigenvalue weighted by Gasteiger charge is -2.30. The Morgan fingerprint density at radius 2 is 1.68 bits per heavy atom. The number of ether oxygens (including phenoxy) is 2. The minimum atomic E-state index is -2.44. The van der Waals surface area contributed by atoms with Gasteiger partial charge in [-0.05, 0) is 33.3 Å². The molecule has 0 aliphatic carbocycles. The monoisotopic (exact) mass is 311 g/mol. The van der Waals surface area contributed by atoms with Gasteiger partial charge in [0.1, 0.15) is 11.6 Å². The van der Waals surface area contributed by atoms with E-state index in [0.29, 0.717) is 5.56 Å². The number of methoxy groups -OCH3 is 1. The molecular weight excluding hydrogens is 289 g/mol. The van der Waals surface area contributed by atoms with Crippen LogP contribution in [0, 0.1) is 0 Å². The van der Waals surface area contributed by atoms with Crippen LogP contribution in [-0.2, 0) is 14.3 Å². The second kappa shape index (κ2) is 6.77. The molecule has 122 valence electrons. The van der Waals surface area contributed by atoms with Crippen LogP contribution in [0.25, 0.3) is 0 Å². The zero-order valence-corrected chi connectivity index (χ0v) is 13.5. The van der Waals surface area contributed by atoms with E-state index in [1.54, 1.807) is 51.1 Å². The Morgan fingerprint density at radius 1 is 1.14 bits per heavy atom. The summed E-state index contributed by atoms with van der Waals surface area (Å²) < 4.78 is 24.5. The van der Waals surface area contributed by atoms with Crippen molar-refractivity contribution in [2.24, 2.45) is 0 Å². The highest BCUT2D eigenvalue weighted by Gasteiger charge is 2.45. The summed E-state index contributed by atoms with van der Waals surface area (Å²) in [5.41, 5.74) is -2.74. The van der Waals surface area contributed by atoms with Crippen molar-refractivity contribution in [2.75, 3.05) is 7.11 Å². The SMILES string of the molecule is COC(=O)[C@](C)(F)[C@H](NC(=O)OC(C)(C)C)c1ccccc1. The highest BCUT2D eigenvalue weighted by Crippen LogP contribution is 2.31. The summed E-state index contributed by atoms with van der Waals surface area (Å²) in [6.45, 7) is 6.14. The average molecular weight is 311 g/mol. The molecule has 5 nitrogen and oxygen atoms in total. The molecule has 0 unspecified atom stereocenters. The minimum absolute atomic E-state index is 0.434. The lowest BCUT2D eigenvalue weighted by molar-refractivity contribution is -0.155. The van der Waals surface area contributed by atoms with E-state index in [1.165, 1.54) is 0 Å². The van der Waals surface area contributed by atoms with E-state index in [9.17, 15) is 14.0 Å². The third-order valence-corrected chi connectivity index (χ3v) is 2.92. The maximum absolute atomic E-state index is 14.9. The van der Waals surface area contributed by atoms with Crippen molar-refractivity contribution in [1.29, 1.82) is 0 Å². The van der Waals surface area contributed by atoms with Gasteiger partial charge < -0.3 is 14.8 Å². The molecule has 0 radical (unpaired) electrons. The molecule has 0 spiro atoms. The fraction of sp³-hybridized carbons (Fsp3) is 0.500. The van der Waals surface area contributed by atoms with E-state index in [1.807, 2.05) is 0 Å². The van der Waals surface area contributed by atoms with Gasteiger partial charge in [-0.1, -0.05) is 30.3 Å². The molecule has 0 fully saturated rings. The van der Waals surface area contributed by atoms with Crippen LogP contribution in [0.2, 0.25) is 0 Å². The number of halogens is 1. The Hall–Kier alpha value is -2.11. The maximum Gasteiger partial charge on any atom is 0.408 e. The number of carbonyl (C=O) groups excluding carboxylic acids is 2. The first-order valence-electron chi connectivity index (χ1n) is 6.89. The van der Waals surface area contributed by atoms with Gasteiger partial charge in [0.15, 0.2) is 0 Å². The van der Waals surface area contributed by atoms with Crippen molar-refractivity contribution in [3.63, 3.8) is 0 Å². The van der Waals surface area contributed by atoms with Gasteiger partial charge in [-0.3, -0.25) is 0 Å². The van der Waals surface area contributed by atoms with Gasteiger partial charge in [-0.25, -0.2) is 14.0 Å². The quantitative estimate of drug-likeness (QED) is 0.868. The van der Waals surface area contributed by atoms with E-state index >= 15 is 0 Å². The van der Waals surface area contributed by atoms with E-state index in [2.05, 4.69) is 10.1 Å². The average Bonchev–Trinajstić information content (AvgIpc) is 2.42. The Kier molecular flexibility index (Phi) is 5.52. The van der Waals surface area contributed by atoms with Crippen molar-refractivity contribution >= 4 is 12.1 Å². The first-order chi connectivity index (χ1) is 10.1. The Bertz CT molecular complexity index is 523. The first kappa shape index (κ1) is 17.9. The van der Waals surface area contributed by atoms with Gasteiger partial charge in [0.2, 0.25) is 5.67 Å². The van der Waals surface area contributed by atoms with E-state index in [-0.39, 0.29) is 0 Å². The number of esters is 1. The molecule has 0 saturated carbocycles. The zero-order valence-electron chi connectivity index (χ0n) is 13.5. The third-order valence-electron chi connectivity index (χ3n) is 2.92. The Balaban J connectivity index is 3.08. The van der Waals surface area contributed by atoms with Crippen LogP contribution in [-0.4, -0.2) is 30.4 Å². The number of nitrogens with one attached hydrogen (secondary N) is 1. The molecule has 0 aliphatic rings. The van der Waals surface area contributed by atoms with Crippen LogP contribution in [0.3, 0.4) is 0 Å². The lowest BCUT2D eigenvalue weighted by atomic mass is 9.92. The molecule has 6 heteroatoms. The normalized spacial score (nSPS) is 15.4. The molecule has 1 N–H and O–H groups in total. The minimum Gasteiger partial charge on any atom is -0.467 e. The van der Waals surface area contributed by atoms with Crippen molar-refractivity contribution in [3.05, 3.63) is 35.9 Å². The number of hydrogen-bond acceptors (Lipinski definition) is 4. The summed E-state index contributed by atoms with van der Waals surface area (Å²) >= 11 is 0. The molecule has 22 heavy (non-hydrogen) atoms. The molecular formula is C16H22FNO4. The molecule has 0 heterocycles. The first-order valence-corrected chi connectivity index (χ1v) is 6.89. The topological polar surface area (TPSA) is 64.6 Å². The van der Waals surface area contributed by atoms with Crippen LogP contribution in [0.4, 0.5) is 9.18 Å². The smallest absolute Gasteiger partial charge is 0.408 e. The predicted octanol–water partition coefficient (Wildman–Crippen LogP) is 3.15. The van der Waals surface area contributed by atoms with Gasteiger partial charge in [-0.2, -0.15) is 0 Å². The molecule has 1 amide bonds. The molecule has 0 aliphatic heterocycles. The van der Waals surface area contributed by atoms with E-state index in [0.717, 1.165) is 14.0 Å². The second-order valence-electron chi connectivity index (χ2n) is 6.06. The van der Waals surface area contributed by atoms with Crippen LogP contribution in [0.15, 0.2) is 30.3 Å². The molecule has 0 saturated heterocycles. The number of amides is 1. The highest BCUT2D eigenvalue weighted by atomic mass is 19.1. The number of alkyl carbamates (subject to hydrolysis) is 1. The summed E-state index contributed by atoms with van der Waals surface area (Å²) in [5.74, 6) is -1.07. The highest BCUT2D eigenvalue weighted by molar-refractivity contribution is 5.81. The van der Waals surface area contributed by atoms with Gasteiger partial charge in [0, 0.05) is 0 Å². The summed E-state index contributed by atoms with van der Waals surface area (Å²) in [6, 6.07) is 7.13. The Morgan fingerprint density at radius 3 is 2.14 bits per heavy atom. The molecule has 0 bridgehead atoms. The van der Waals surface area contributed by atoms with Crippen LogP contribution < -0.4 is 5.32 Å². The predicted molar refractivity (Wildman–Crippen MR) is 80.1 cm³/mol. The third kappa shape index (κ3) is 4.72. The fourth-order valence-corrected chi connectivity index (χ4v) is 1.92. The standard InChI is InChI=1S/C16H22FNO4/c1-15(2,3)22-14(20)18-12(11-9-7-6-8-10-11)16(4,17)13(19)21-5/h6-10,12H,1-5H3,(H,18,20)/t12-,16-/m1/s1. The zero-order chi connectivity index (χ0) is 17.0. The molecule has 1 aromatic rings. The molecule has 1 rings (SSSR count). The molecule has 1 aromatic carbocycles. The van der Waals surface area contributed by atoms with Gasteiger partial charge >= 0.3 is 12.1 Å². The number of hydrogen-bond donors (Lipinski definition) is 1. The van der Waals surface area contributed by atoms with Crippen molar-refractivity contribution in [1.82, 2.24) is 5.32 Å². The molecule has 2 atom stereocenters.